The maximum atomic E-state index is 6.13. The zero-order chi connectivity index (χ0) is 13.7. The molecule has 2 aromatic carbocycles. The third-order valence-corrected chi connectivity index (χ3v) is 3.94. The van der Waals surface area contributed by atoms with Gasteiger partial charge in [0.25, 0.3) is 0 Å². The van der Waals surface area contributed by atoms with E-state index in [1.807, 2.05) is 24.3 Å². The highest BCUT2D eigenvalue weighted by Crippen LogP contribution is 2.24. The van der Waals surface area contributed by atoms with Crippen LogP contribution in [0.15, 0.2) is 48.5 Å². The van der Waals surface area contributed by atoms with Crippen LogP contribution in [0.2, 0.25) is 5.02 Å². The van der Waals surface area contributed by atoms with Gasteiger partial charge in [-0.3, -0.25) is 0 Å². The van der Waals surface area contributed by atoms with Gasteiger partial charge in [0.15, 0.2) is 0 Å². The van der Waals surface area contributed by atoms with Crippen molar-refractivity contribution in [3.63, 3.8) is 0 Å². The van der Waals surface area contributed by atoms with Crippen LogP contribution in [0.4, 0.5) is 0 Å². The lowest BCUT2D eigenvalue weighted by molar-refractivity contribution is 0.0566. The molecule has 0 N–H and O–H groups in total. The Morgan fingerprint density at radius 3 is 2.42 bits per heavy atom. The number of hydrogen-bond donors (Lipinski definition) is 0. The molecule has 0 amide bonds. The van der Waals surface area contributed by atoms with Crippen molar-refractivity contribution in [1.29, 1.82) is 0 Å². The second-order valence-electron chi connectivity index (χ2n) is 4.46. The molecule has 0 fully saturated rings. The van der Waals surface area contributed by atoms with Crippen LogP contribution in [0.3, 0.4) is 0 Å². The summed E-state index contributed by atoms with van der Waals surface area (Å²) in [6.45, 7) is 2.60. The first kappa shape index (κ1) is 14.6. The van der Waals surface area contributed by atoms with Crippen LogP contribution in [0.25, 0.3) is 0 Å². The molecule has 0 aliphatic heterocycles. The summed E-state index contributed by atoms with van der Waals surface area (Å²) >= 11 is 9.63. The Labute approximate surface area is 127 Å². The Balaban J connectivity index is 2.04. The molecule has 3 heteroatoms. The minimum Gasteiger partial charge on any atom is -0.368 e. The lowest BCUT2D eigenvalue weighted by atomic mass is 10.1. The SMILES string of the molecule is Cc1ccc(C(CBr)OCc2ccccc2Cl)cc1. The lowest BCUT2D eigenvalue weighted by Crippen LogP contribution is -2.06. The zero-order valence-electron chi connectivity index (χ0n) is 10.8. The molecule has 0 saturated heterocycles. The van der Waals surface area contributed by atoms with Gasteiger partial charge in [-0.25, -0.2) is 0 Å². The van der Waals surface area contributed by atoms with Gasteiger partial charge in [-0.1, -0.05) is 75.6 Å². The van der Waals surface area contributed by atoms with E-state index in [0.29, 0.717) is 6.61 Å². The first-order valence-corrected chi connectivity index (χ1v) is 7.68. The molecule has 0 aliphatic rings. The molecule has 1 nitrogen and oxygen atoms in total. The second-order valence-corrected chi connectivity index (χ2v) is 5.51. The molecule has 0 radical (unpaired) electrons. The Morgan fingerprint density at radius 1 is 1.11 bits per heavy atom. The molecule has 100 valence electrons. The number of benzene rings is 2. The highest BCUT2D eigenvalue weighted by Gasteiger charge is 2.11. The molecule has 19 heavy (non-hydrogen) atoms. The number of hydrogen-bond acceptors (Lipinski definition) is 1. The van der Waals surface area contributed by atoms with Gasteiger partial charge in [0.2, 0.25) is 0 Å². The quantitative estimate of drug-likeness (QED) is 0.672. The largest absolute Gasteiger partial charge is 0.368 e. The summed E-state index contributed by atoms with van der Waals surface area (Å²) in [5, 5.41) is 1.51. The smallest absolute Gasteiger partial charge is 0.0926 e. The van der Waals surface area contributed by atoms with Crippen molar-refractivity contribution in [3.05, 3.63) is 70.2 Å². The van der Waals surface area contributed by atoms with Crippen molar-refractivity contribution in [1.82, 2.24) is 0 Å². The molecule has 0 aromatic heterocycles. The van der Waals surface area contributed by atoms with Crippen molar-refractivity contribution >= 4 is 27.5 Å². The molecule has 0 spiro atoms. The minimum absolute atomic E-state index is 0.0388. The molecule has 2 rings (SSSR count). The Bertz CT molecular complexity index is 525. The average molecular weight is 340 g/mol. The fourth-order valence-corrected chi connectivity index (χ4v) is 2.57. The van der Waals surface area contributed by atoms with Crippen molar-refractivity contribution in [3.8, 4) is 0 Å². The van der Waals surface area contributed by atoms with E-state index < -0.39 is 0 Å². The molecule has 0 bridgehead atoms. The second kappa shape index (κ2) is 7.09. The molecule has 0 heterocycles. The van der Waals surface area contributed by atoms with E-state index in [0.717, 1.165) is 15.9 Å². The molecule has 1 unspecified atom stereocenters. The highest BCUT2D eigenvalue weighted by molar-refractivity contribution is 9.09. The van der Waals surface area contributed by atoms with E-state index in [-0.39, 0.29) is 6.10 Å². The van der Waals surface area contributed by atoms with Crippen LogP contribution < -0.4 is 0 Å². The van der Waals surface area contributed by atoms with Crippen LogP contribution in [0.5, 0.6) is 0 Å². The standard InChI is InChI=1S/C16H16BrClO/c1-12-6-8-13(9-7-12)16(10-17)19-11-14-4-2-3-5-15(14)18/h2-9,16H,10-11H2,1H3. The Hall–Kier alpha value is -0.830. The Kier molecular flexibility index (Phi) is 5.44. The van der Waals surface area contributed by atoms with E-state index in [4.69, 9.17) is 16.3 Å². The molecule has 0 aliphatic carbocycles. The van der Waals surface area contributed by atoms with E-state index in [1.165, 1.54) is 11.1 Å². The van der Waals surface area contributed by atoms with Crippen LogP contribution >= 0.6 is 27.5 Å². The van der Waals surface area contributed by atoms with Gasteiger partial charge in [-0.05, 0) is 24.1 Å². The van der Waals surface area contributed by atoms with Crippen LogP contribution in [-0.2, 0) is 11.3 Å². The van der Waals surface area contributed by atoms with Gasteiger partial charge in [0.1, 0.15) is 0 Å². The topological polar surface area (TPSA) is 9.23 Å². The number of ether oxygens (including phenoxy) is 1. The number of rotatable bonds is 5. The van der Waals surface area contributed by atoms with E-state index in [2.05, 4.69) is 47.1 Å². The Morgan fingerprint density at radius 2 is 1.79 bits per heavy atom. The molecule has 0 saturated carbocycles. The van der Waals surface area contributed by atoms with Crippen molar-refractivity contribution in [2.75, 3.05) is 5.33 Å². The van der Waals surface area contributed by atoms with Crippen LogP contribution in [0, 0.1) is 6.92 Å². The summed E-state index contributed by atoms with van der Waals surface area (Å²) < 4.78 is 5.95. The molecular weight excluding hydrogens is 324 g/mol. The summed E-state index contributed by atoms with van der Waals surface area (Å²) in [5.41, 5.74) is 3.44. The molecule has 1 atom stereocenters. The van der Waals surface area contributed by atoms with Gasteiger partial charge in [0, 0.05) is 10.4 Å². The zero-order valence-corrected chi connectivity index (χ0v) is 13.1. The van der Waals surface area contributed by atoms with E-state index in [1.54, 1.807) is 0 Å². The number of halogens is 2. The molecular formula is C16H16BrClO. The van der Waals surface area contributed by atoms with Crippen molar-refractivity contribution in [2.24, 2.45) is 0 Å². The van der Waals surface area contributed by atoms with Crippen LogP contribution in [-0.4, -0.2) is 5.33 Å². The third kappa shape index (κ3) is 4.07. The van der Waals surface area contributed by atoms with Crippen LogP contribution in [0.1, 0.15) is 22.8 Å². The van der Waals surface area contributed by atoms with Gasteiger partial charge >= 0.3 is 0 Å². The summed E-state index contributed by atoms with van der Waals surface area (Å²) in [4.78, 5) is 0. The van der Waals surface area contributed by atoms with Crippen molar-refractivity contribution < 1.29 is 4.74 Å². The molecule has 2 aromatic rings. The minimum atomic E-state index is 0.0388. The fourth-order valence-electron chi connectivity index (χ4n) is 1.82. The van der Waals surface area contributed by atoms with Gasteiger partial charge < -0.3 is 4.74 Å². The van der Waals surface area contributed by atoms with E-state index in [9.17, 15) is 0 Å². The lowest BCUT2D eigenvalue weighted by Gasteiger charge is -2.16. The van der Waals surface area contributed by atoms with Gasteiger partial charge in [-0.2, -0.15) is 0 Å². The van der Waals surface area contributed by atoms with Crippen molar-refractivity contribution in [2.45, 2.75) is 19.6 Å². The third-order valence-electron chi connectivity index (χ3n) is 2.99. The first-order chi connectivity index (χ1) is 9.20. The fraction of sp³-hybridized carbons (Fsp3) is 0.250. The highest BCUT2D eigenvalue weighted by atomic mass is 79.9. The summed E-state index contributed by atoms with van der Waals surface area (Å²) in [7, 11) is 0. The predicted molar refractivity (Wildman–Crippen MR) is 84.0 cm³/mol. The summed E-state index contributed by atoms with van der Waals surface area (Å²) in [6.07, 6.45) is 0.0388. The summed E-state index contributed by atoms with van der Waals surface area (Å²) in [6, 6.07) is 16.2. The number of aryl methyl sites for hydroxylation is 1. The average Bonchev–Trinajstić information content (AvgIpc) is 2.43. The number of alkyl halides is 1. The van der Waals surface area contributed by atoms with E-state index >= 15 is 0 Å². The van der Waals surface area contributed by atoms with Gasteiger partial charge in [-0.15, -0.1) is 0 Å². The predicted octanol–water partition coefficient (Wildman–Crippen LogP) is 5.30. The van der Waals surface area contributed by atoms with Gasteiger partial charge in [0.05, 0.1) is 12.7 Å². The maximum Gasteiger partial charge on any atom is 0.0926 e. The normalized spacial score (nSPS) is 12.4. The maximum absolute atomic E-state index is 6.13. The summed E-state index contributed by atoms with van der Waals surface area (Å²) in [5.74, 6) is 0. The first-order valence-electron chi connectivity index (χ1n) is 6.18. The monoisotopic (exact) mass is 338 g/mol.